The highest BCUT2D eigenvalue weighted by Gasteiger charge is 2.31. The van der Waals surface area contributed by atoms with Gasteiger partial charge in [0.1, 0.15) is 6.04 Å². The lowest BCUT2D eigenvalue weighted by Crippen LogP contribution is -2.52. The lowest BCUT2D eigenvalue weighted by molar-refractivity contribution is -0.141. The minimum absolute atomic E-state index is 0.00902. The van der Waals surface area contributed by atoms with Crippen molar-refractivity contribution in [1.29, 1.82) is 0 Å². The van der Waals surface area contributed by atoms with E-state index in [0.717, 1.165) is 16.9 Å². The van der Waals surface area contributed by atoms with Crippen molar-refractivity contribution in [2.45, 2.75) is 56.6 Å². The molecule has 0 bridgehead atoms. The van der Waals surface area contributed by atoms with Crippen LogP contribution in [0.4, 0.5) is 0 Å². The van der Waals surface area contributed by atoms with Crippen LogP contribution in [0, 0.1) is 0 Å². The number of nitrogens with zero attached hydrogens (tertiary/aromatic N) is 1. The number of halogens is 2. The maximum Gasteiger partial charge on any atom is 0.243 e. The smallest absolute Gasteiger partial charge is 0.243 e. The van der Waals surface area contributed by atoms with Crippen molar-refractivity contribution in [3.8, 4) is 0 Å². The molecule has 3 rings (SSSR count). The van der Waals surface area contributed by atoms with Gasteiger partial charge in [0, 0.05) is 51.7 Å². The first-order chi connectivity index (χ1) is 17.4. The van der Waals surface area contributed by atoms with Gasteiger partial charge in [0.15, 0.2) is 0 Å². The van der Waals surface area contributed by atoms with E-state index in [2.05, 4.69) is 5.32 Å². The highest BCUT2D eigenvalue weighted by atomic mass is 35.5. The molecule has 0 fully saturated rings. The molecule has 0 spiro atoms. The van der Waals surface area contributed by atoms with Crippen LogP contribution in [-0.2, 0) is 22.6 Å². The minimum atomic E-state index is -0.706. The number of carbonyl (C=O) groups is 2. The van der Waals surface area contributed by atoms with Crippen LogP contribution in [-0.4, -0.2) is 34.6 Å². The molecular weight excluding hydrogens is 511 g/mol. The van der Waals surface area contributed by atoms with Crippen molar-refractivity contribution in [2.24, 2.45) is 0 Å². The van der Waals surface area contributed by atoms with Crippen molar-refractivity contribution >= 4 is 46.8 Å². The number of benzene rings is 3. The van der Waals surface area contributed by atoms with Gasteiger partial charge in [-0.25, -0.2) is 0 Å². The molecule has 0 heterocycles. The van der Waals surface area contributed by atoms with Gasteiger partial charge in [0.2, 0.25) is 11.8 Å². The van der Waals surface area contributed by atoms with Crippen molar-refractivity contribution in [2.75, 3.05) is 5.75 Å². The summed E-state index contributed by atoms with van der Waals surface area (Å²) < 4.78 is 0. The van der Waals surface area contributed by atoms with E-state index >= 15 is 0 Å². The Morgan fingerprint density at radius 3 is 2.14 bits per heavy atom. The molecule has 190 valence electrons. The predicted octanol–water partition coefficient (Wildman–Crippen LogP) is 7.03. The molecule has 7 heteroatoms. The van der Waals surface area contributed by atoms with Gasteiger partial charge < -0.3 is 10.2 Å². The summed E-state index contributed by atoms with van der Waals surface area (Å²) in [5.41, 5.74) is 1.61. The summed E-state index contributed by atoms with van der Waals surface area (Å²) in [6.45, 7) is 4.13. The van der Waals surface area contributed by atoms with Crippen molar-refractivity contribution < 1.29 is 9.59 Å². The van der Waals surface area contributed by atoms with Gasteiger partial charge in [-0.2, -0.15) is 0 Å². The standard InChI is InChI=1S/C29H32Cl2N2O2S/c1-3-21(2)32-29(35)27(19-22-11-6-4-7-12-22)33(20-24-25(30)15-10-16-26(24)31)28(34)17-18-36-23-13-8-5-9-14-23/h4-16,21,27H,3,17-20H2,1-2H3,(H,32,35)/t21-,27-/m0/s1. The number of thioether (sulfide) groups is 1. The van der Waals surface area contributed by atoms with E-state index in [4.69, 9.17) is 23.2 Å². The zero-order valence-corrected chi connectivity index (χ0v) is 23.0. The maximum atomic E-state index is 13.7. The summed E-state index contributed by atoms with van der Waals surface area (Å²) in [4.78, 5) is 30.0. The first kappa shape index (κ1) is 28.1. The average molecular weight is 544 g/mol. The molecule has 0 aliphatic carbocycles. The number of hydrogen-bond donors (Lipinski definition) is 1. The molecule has 0 saturated heterocycles. The van der Waals surface area contributed by atoms with Gasteiger partial charge in [-0.3, -0.25) is 9.59 Å². The van der Waals surface area contributed by atoms with Crippen LogP contribution in [0.25, 0.3) is 0 Å². The SMILES string of the molecule is CC[C@H](C)NC(=O)[C@H](Cc1ccccc1)N(Cc1c(Cl)cccc1Cl)C(=O)CCSc1ccccc1. The molecular formula is C29H32Cl2N2O2S. The monoisotopic (exact) mass is 542 g/mol. The summed E-state index contributed by atoms with van der Waals surface area (Å²) in [5, 5.41) is 4.02. The van der Waals surface area contributed by atoms with Crippen LogP contribution in [0.15, 0.2) is 83.8 Å². The molecule has 2 atom stereocenters. The molecule has 36 heavy (non-hydrogen) atoms. The van der Waals surface area contributed by atoms with Gasteiger partial charge in [-0.05, 0) is 43.2 Å². The molecule has 0 radical (unpaired) electrons. The lowest BCUT2D eigenvalue weighted by atomic mass is 10.0. The number of rotatable bonds is 12. The molecule has 0 unspecified atom stereocenters. The third-order valence-electron chi connectivity index (χ3n) is 5.99. The van der Waals surface area contributed by atoms with Crippen LogP contribution >= 0.6 is 35.0 Å². The van der Waals surface area contributed by atoms with Crippen LogP contribution in [0.2, 0.25) is 10.0 Å². The lowest BCUT2D eigenvalue weighted by Gasteiger charge is -2.33. The zero-order valence-electron chi connectivity index (χ0n) is 20.6. The van der Waals surface area contributed by atoms with E-state index in [9.17, 15) is 9.59 Å². The Bertz CT molecular complexity index is 1110. The third kappa shape index (κ3) is 8.29. The van der Waals surface area contributed by atoms with Crippen molar-refractivity contribution in [3.63, 3.8) is 0 Å². The second-order valence-electron chi connectivity index (χ2n) is 8.66. The maximum absolute atomic E-state index is 13.7. The minimum Gasteiger partial charge on any atom is -0.352 e. The Morgan fingerprint density at radius 2 is 1.53 bits per heavy atom. The molecule has 4 nitrogen and oxygen atoms in total. The highest BCUT2D eigenvalue weighted by Crippen LogP contribution is 2.28. The summed E-state index contributed by atoms with van der Waals surface area (Å²) >= 11 is 14.6. The van der Waals surface area contributed by atoms with Gasteiger partial charge in [0.25, 0.3) is 0 Å². The van der Waals surface area contributed by atoms with Crippen molar-refractivity contribution in [3.05, 3.63) is 100 Å². The molecule has 0 aliphatic rings. The Labute approximate surface area is 228 Å². The Morgan fingerprint density at radius 1 is 0.917 bits per heavy atom. The fourth-order valence-corrected chi connectivity index (χ4v) is 5.14. The van der Waals surface area contributed by atoms with Crippen LogP contribution < -0.4 is 5.32 Å². The van der Waals surface area contributed by atoms with E-state index < -0.39 is 6.04 Å². The van der Waals surface area contributed by atoms with E-state index in [1.807, 2.05) is 74.5 Å². The van der Waals surface area contributed by atoms with Crippen molar-refractivity contribution in [1.82, 2.24) is 10.2 Å². The number of carbonyl (C=O) groups excluding carboxylic acids is 2. The fraction of sp³-hybridized carbons (Fsp3) is 0.310. The predicted molar refractivity (Wildman–Crippen MR) is 151 cm³/mol. The zero-order chi connectivity index (χ0) is 25.9. The number of amides is 2. The molecule has 2 amide bonds. The Hall–Kier alpha value is -2.47. The normalized spacial score (nSPS) is 12.6. The molecule has 0 aromatic heterocycles. The molecule has 1 N–H and O–H groups in total. The summed E-state index contributed by atoms with van der Waals surface area (Å²) in [5.74, 6) is 0.302. The topological polar surface area (TPSA) is 49.4 Å². The summed E-state index contributed by atoms with van der Waals surface area (Å²) in [6.07, 6.45) is 1.47. The number of hydrogen-bond acceptors (Lipinski definition) is 3. The second-order valence-corrected chi connectivity index (χ2v) is 10.6. The summed E-state index contributed by atoms with van der Waals surface area (Å²) in [6, 6.07) is 24.3. The molecule has 0 saturated carbocycles. The Balaban J connectivity index is 1.91. The molecule has 0 aliphatic heterocycles. The number of nitrogens with one attached hydrogen (secondary N) is 1. The van der Waals surface area contributed by atoms with Gasteiger partial charge in [0.05, 0.1) is 0 Å². The molecule has 3 aromatic rings. The van der Waals surface area contributed by atoms with E-state index in [0.29, 0.717) is 27.8 Å². The van der Waals surface area contributed by atoms with Crippen LogP contribution in [0.3, 0.4) is 0 Å². The van der Waals surface area contributed by atoms with E-state index in [-0.39, 0.29) is 30.8 Å². The van der Waals surface area contributed by atoms with E-state index in [1.165, 1.54) is 0 Å². The first-order valence-corrected chi connectivity index (χ1v) is 13.9. The van der Waals surface area contributed by atoms with Gasteiger partial charge >= 0.3 is 0 Å². The van der Waals surface area contributed by atoms with E-state index in [1.54, 1.807) is 34.9 Å². The second kappa shape index (κ2) is 14.3. The Kier molecular flexibility index (Phi) is 11.2. The largest absolute Gasteiger partial charge is 0.352 e. The average Bonchev–Trinajstić information content (AvgIpc) is 2.88. The fourth-order valence-electron chi connectivity index (χ4n) is 3.77. The van der Waals surface area contributed by atoms with Crippen LogP contribution in [0.1, 0.15) is 37.8 Å². The third-order valence-corrected chi connectivity index (χ3v) is 7.71. The quantitative estimate of drug-likeness (QED) is 0.250. The van der Waals surface area contributed by atoms with Crippen LogP contribution in [0.5, 0.6) is 0 Å². The highest BCUT2D eigenvalue weighted by molar-refractivity contribution is 7.99. The van der Waals surface area contributed by atoms with Gasteiger partial charge in [-0.15, -0.1) is 11.8 Å². The summed E-state index contributed by atoms with van der Waals surface area (Å²) in [7, 11) is 0. The van der Waals surface area contributed by atoms with Gasteiger partial charge in [-0.1, -0.05) is 84.7 Å². The first-order valence-electron chi connectivity index (χ1n) is 12.1. The molecule has 3 aromatic carbocycles.